The second-order valence-corrected chi connectivity index (χ2v) is 7.94. The van der Waals surface area contributed by atoms with E-state index in [4.69, 9.17) is 14.6 Å². The van der Waals surface area contributed by atoms with Gasteiger partial charge in [0.1, 0.15) is 5.56 Å². The van der Waals surface area contributed by atoms with E-state index < -0.39 is 5.97 Å². The van der Waals surface area contributed by atoms with Gasteiger partial charge in [-0.3, -0.25) is 5.01 Å². The molecule has 1 atom stereocenters. The van der Waals surface area contributed by atoms with Crippen LogP contribution in [0.25, 0.3) is 0 Å². The Labute approximate surface area is 188 Å². The summed E-state index contributed by atoms with van der Waals surface area (Å²) in [7, 11) is 2.94. The highest BCUT2D eigenvalue weighted by Crippen LogP contribution is 2.43. The van der Waals surface area contributed by atoms with E-state index in [1.54, 1.807) is 12.1 Å². The fourth-order valence-electron chi connectivity index (χ4n) is 3.83. The van der Waals surface area contributed by atoms with Crippen molar-refractivity contribution in [3.05, 3.63) is 87.9 Å². The van der Waals surface area contributed by atoms with E-state index in [2.05, 4.69) is 15.9 Å². The van der Waals surface area contributed by atoms with Gasteiger partial charge in [0, 0.05) is 10.9 Å². The first-order valence-corrected chi connectivity index (χ1v) is 10.5. The first kappa shape index (κ1) is 20.9. The monoisotopic (exact) mass is 480 g/mol. The molecule has 3 aromatic carbocycles. The predicted molar refractivity (Wildman–Crippen MR) is 123 cm³/mol. The Morgan fingerprint density at radius 3 is 2.35 bits per heavy atom. The minimum atomic E-state index is -1.07. The third kappa shape index (κ3) is 4.01. The number of carboxylic acids is 1. The van der Waals surface area contributed by atoms with Crippen molar-refractivity contribution in [3.8, 4) is 11.5 Å². The molecule has 0 saturated heterocycles. The normalized spacial score (nSPS) is 15.5. The Balaban J connectivity index is 1.85. The molecule has 0 aromatic heterocycles. The highest BCUT2D eigenvalue weighted by Gasteiger charge is 2.35. The molecule has 1 heterocycles. The van der Waals surface area contributed by atoms with E-state index in [1.807, 2.05) is 59.6 Å². The molecule has 0 bridgehead atoms. The quantitative estimate of drug-likeness (QED) is 0.502. The number of nitrogens with zero attached hydrogens (tertiary/aromatic N) is 2. The smallest absolute Gasteiger partial charge is 0.339 e. The van der Waals surface area contributed by atoms with E-state index in [1.165, 1.54) is 14.2 Å². The van der Waals surface area contributed by atoms with Gasteiger partial charge in [0.25, 0.3) is 0 Å². The fraction of sp³-hybridized carbons (Fsp3) is 0.167. The first-order chi connectivity index (χ1) is 15.0. The lowest BCUT2D eigenvalue weighted by molar-refractivity contribution is 0.0690. The van der Waals surface area contributed by atoms with Crippen molar-refractivity contribution in [1.82, 2.24) is 0 Å². The summed E-state index contributed by atoms with van der Waals surface area (Å²) in [5.74, 6) is -0.490. The Hall–Kier alpha value is -3.32. The fourth-order valence-corrected chi connectivity index (χ4v) is 4.09. The maximum Gasteiger partial charge on any atom is 0.339 e. The van der Waals surface area contributed by atoms with Gasteiger partial charge in [0.2, 0.25) is 0 Å². The molecule has 0 amide bonds. The first-order valence-electron chi connectivity index (χ1n) is 9.69. The zero-order valence-electron chi connectivity index (χ0n) is 17.1. The van der Waals surface area contributed by atoms with Crippen LogP contribution in [-0.2, 0) is 0 Å². The minimum Gasteiger partial charge on any atom is -0.493 e. The largest absolute Gasteiger partial charge is 0.493 e. The Kier molecular flexibility index (Phi) is 5.95. The maximum atomic E-state index is 12.3. The zero-order chi connectivity index (χ0) is 22.0. The summed E-state index contributed by atoms with van der Waals surface area (Å²) in [4.78, 5) is 12.3. The second kappa shape index (κ2) is 8.81. The third-order valence-corrected chi connectivity index (χ3v) is 5.79. The lowest BCUT2D eigenvalue weighted by atomic mass is 9.93. The van der Waals surface area contributed by atoms with E-state index in [9.17, 15) is 9.90 Å². The number of anilines is 1. The number of methoxy groups -OCH3 is 2. The summed E-state index contributed by atoms with van der Waals surface area (Å²) >= 11 is 3.46. The van der Waals surface area contributed by atoms with Gasteiger partial charge < -0.3 is 14.6 Å². The number of carbonyl (C=O) groups is 1. The van der Waals surface area contributed by atoms with Gasteiger partial charge in [-0.15, -0.1) is 0 Å². The highest BCUT2D eigenvalue weighted by molar-refractivity contribution is 9.10. The van der Waals surface area contributed by atoms with E-state index in [0.717, 1.165) is 21.4 Å². The summed E-state index contributed by atoms with van der Waals surface area (Å²) < 4.78 is 11.7. The van der Waals surface area contributed by atoms with Crippen molar-refractivity contribution in [2.45, 2.75) is 12.5 Å². The molecule has 3 aromatic rings. The van der Waals surface area contributed by atoms with Crippen LogP contribution in [0.1, 0.15) is 33.9 Å². The number of halogens is 1. The Morgan fingerprint density at radius 1 is 1.03 bits per heavy atom. The number of aromatic carboxylic acids is 1. The number of carboxylic acid groups (broad SMARTS) is 1. The molecule has 0 spiro atoms. The number of hydrazone groups is 1. The van der Waals surface area contributed by atoms with E-state index in [-0.39, 0.29) is 17.4 Å². The molecule has 1 aliphatic rings. The molecule has 1 aliphatic heterocycles. The molecule has 7 heteroatoms. The van der Waals surface area contributed by atoms with Gasteiger partial charge in [-0.1, -0.05) is 52.3 Å². The molecule has 1 N–H and O–H groups in total. The SMILES string of the molecule is COc1ccc([C@@H]2CC(c3ccc(Br)cc3)=NN2c2ccccc2)c(C(=O)O)c1OC. The third-order valence-electron chi connectivity index (χ3n) is 5.26. The number of para-hydroxylation sites is 1. The average Bonchev–Trinajstić information content (AvgIpc) is 3.24. The summed E-state index contributed by atoms with van der Waals surface area (Å²) in [6.45, 7) is 0. The number of rotatable bonds is 6. The molecular formula is C24H21BrN2O4. The molecule has 0 radical (unpaired) electrons. The average molecular weight is 481 g/mol. The highest BCUT2D eigenvalue weighted by atomic mass is 79.9. The van der Waals surface area contributed by atoms with Crippen molar-refractivity contribution in [2.75, 3.05) is 19.2 Å². The van der Waals surface area contributed by atoms with Gasteiger partial charge >= 0.3 is 5.97 Å². The molecule has 4 rings (SSSR count). The van der Waals surface area contributed by atoms with Gasteiger partial charge in [-0.25, -0.2) is 4.79 Å². The van der Waals surface area contributed by atoms with Crippen LogP contribution in [0, 0.1) is 0 Å². The summed E-state index contributed by atoms with van der Waals surface area (Å²) in [6.07, 6.45) is 0.548. The summed E-state index contributed by atoms with van der Waals surface area (Å²) in [6, 6.07) is 20.9. The Bertz CT molecular complexity index is 1130. The van der Waals surface area contributed by atoms with Crippen LogP contribution >= 0.6 is 15.9 Å². The predicted octanol–water partition coefficient (Wildman–Crippen LogP) is 5.52. The Morgan fingerprint density at radius 2 is 1.74 bits per heavy atom. The van der Waals surface area contributed by atoms with Crippen LogP contribution in [0.4, 0.5) is 5.69 Å². The van der Waals surface area contributed by atoms with Gasteiger partial charge in [0.15, 0.2) is 11.5 Å². The molecule has 6 nitrogen and oxygen atoms in total. The van der Waals surface area contributed by atoms with Crippen LogP contribution in [0.15, 0.2) is 76.3 Å². The van der Waals surface area contributed by atoms with Crippen molar-refractivity contribution in [3.63, 3.8) is 0 Å². The standard InChI is InChI=1S/C24H21BrN2O4/c1-30-21-13-12-18(22(24(28)29)23(21)31-2)20-14-19(15-8-10-16(25)11-9-15)26-27(20)17-6-4-3-5-7-17/h3-13,20H,14H2,1-2H3,(H,28,29)/t20-/m0/s1. The van der Waals surface area contributed by atoms with Crippen molar-refractivity contribution < 1.29 is 19.4 Å². The van der Waals surface area contributed by atoms with Crippen LogP contribution in [0.3, 0.4) is 0 Å². The second-order valence-electron chi connectivity index (χ2n) is 7.02. The topological polar surface area (TPSA) is 71.4 Å². The molecule has 0 unspecified atom stereocenters. The number of ether oxygens (including phenoxy) is 2. The molecule has 0 aliphatic carbocycles. The van der Waals surface area contributed by atoms with Crippen LogP contribution < -0.4 is 14.5 Å². The zero-order valence-corrected chi connectivity index (χ0v) is 18.7. The molecular weight excluding hydrogens is 460 g/mol. The molecule has 0 saturated carbocycles. The van der Waals surface area contributed by atoms with Gasteiger partial charge in [0.05, 0.1) is 31.7 Å². The number of hydrogen-bond acceptors (Lipinski definition) is 5. The number of hydrogen-bond donors (Lipinski definition) is 1. The molecule has 31 heavy (non-hydrogen) atoms. The van der Waals surface area contributed by atoms with Crippen molar-refractivity contribution in [1.29, 1.82) is 0 Å². The van der Waals surface area contributed by atoms with E-state index in [0.29, 0.717) is 17.7 Å². The summed E-state index contributed by atoms with van der Waals surface area (Å²) in [5, 5.41) is 16.8. The van der Waals surface area contributed by atoms with Gasteiger partial charge in [-0.2, -0.15) is 5.10 Å². The maximum absolute atomic E-state index is 12.3. The lowest BCUT2D eigenvalue weighted by Gasteiger charge is -2.26. The van der Waals surface area contributed by atoms with E-state index >= 15 is 0 Å². The van der Waals surface area contributed by atoms with Crippen molar-refractivity contribution >= 4 is 33.3 Å². The van der Waals surface area contributed by atoms with Crippen LogP contribution in [0.2, 0.25) is 0 Å². The van der Waals surface area contributed by atoms with Crippen molar-refractivity contribution in [2.24, 2.45) is 5.10 Å². The molecule has 0 fully saturated rings. The van der Waals surface area contributed by atoms with Crippen LogP contribution in [0.5, 0.6) is 11.5 Å². The summed E-state index contributed by atoms with van der Waals surface area (Å²) in [5.41, 5.74) is 3.45. The molecule has 158 valence electrons. The van der Waals surface area contributed by atoms with Crippen LogP contribution in [-0.4, -0.2) is 31.0 Å². The minimum absolute atomic E-state index is 0.0834. The van der Waals surface area contributed by atoms with Gasteiger partial charge in [-0.05, 0) is 41.5 Å². The lowest BCUT2D eigenvalue weighted by Crippen LogP contribution is -2.21. The number of benzene rings is 3.